The number of hydrogen-bond donors (Lipinski definition) is 0. The van der Waals surface area contributed by atoms with Crippen molar-refractivity contribution in [2.45, 2.75) is 39.3 Å². The number of nitrogens with zero attached hydrogens (tertiary/aromatic N) is 2. The fraction of sp³-hybridized carbons (Fsp3) is 0.375. The van der Waals surface area contributed by atoms with Crippen molar-refractivity contribution in [3.8, 4) is 0 Å². The molecule has 0 heterocycles. The van der Waals surface area contributed by atoms with E-state index in [0.29, 0.717) is 6.54 Å². The Kier molecular flexibility index (Phi) is 3.75. The molecule has 0 atom stereocenters. The van der Waals surface area contributed by atoms with Crippen molar-refractivity contribution in [2.24, 2.45) is 10.2 Å². The summed E-state index contributed by atoms with van der Waals surface area (Å²) in [5.74, 6) is 0. The molecule has 1 aromatic carbocycles. The molecule has 0 amide bonds. The van der Waals surface area contributed by atoms with Gasteiger partial charge in [0.2, 0.25) is 0 Å². The largest absolute Gasteiger partial charge is 0.189 e. The molecule has 0 bridgehead atoms. The van der Waals surface area contributed by atoms with Crippen LogP contribution in [-0.4, -0.2) is 5.54 Å². The Balaban J connectivity index is 2.16. The fourth-order valence-electron chi connectivity index (χ4n) is 1.94. The van der Waals surface area contributed by atoms with E-state index in [9.17, 15) is 0 Å². The van der Waals surface area contributed by atoms with Gasteiger partial charge < -0.3 is 0 Å². The summed E-state index contributed by atoms with van der Waals surface area (Å²) in [6.45, 7) is 6.84. The van der Waals surface area contributed by atoms with E-state index in [-0.39, 0.29) is 5.54 Å². The first kappa shape index (κ1) is 12.7. The number of rotatable bonds is 3. The molecule has 0 N–H and O–H groups in total. The highest BCUT2D eigenvalue weighted by Gasteiger charge is 2.09. The van der Waals surface area contributed by atoms with E-state index in [0.717, 1.165) is 6.42 Å². The lowest BCUT2D eigenvalue weighted by molar-refractivity contribution is 0.537. The van der Waals surface area contributed by atoms with Gasteiger partial charge in [0.1, 0.15) is 0 Å². The molecule has 0 fully saturated rings. The Bertz CT molecular complexity index is 502. The normalized spacial score (nSPS) is 15.4. The minimum absolute atomic E-state index is 0.0941. The molecule has 1 aromatic rings. The van der Waals surface area contributed by atoms with Crippen LogP contribution in [0.15, 0.2) is 52.7 Å². The molecular weight excluding hydrogens is 220 g/mol. The lowest BCUT2D eigenvalue weighted by Gasteiger charge is -2.11. The third kappa shape index (κ3) is 3.39. The molecule has 0 radical (unpaired) electrons. The van der Waals surface area contributed by atoms with Crippen LogP contribution in [0.25, 0.3) is 5.57 Å². The fourth-order valence-corrected chi connectivity index (χ4v) is 1.94. The summed E-state index contributed by atoms with van der Waals surface area (Å²) < 4.78 is 0. The van der Waals surface area contributed by atoms with E-state index in [2.05, 4.69) is 73.5 Å². The molecule has 18 heavy (non-hydrogen) atoms. The van der Waals surface area contributed by atoms with Gasteiger partial charge in [-0.05, 0) is 43.9 Å². The van der Waals surface area contributed by atoms with Crippen LogP contribution >= 0.6 is 0 Å². The molecule has 1 aliphatic rings. The Labute approximate surface area is 109 Å². The Morgan fingerprint density at radius 1 is 1.17 bits per heavy atom. The van der Waals surface area contributed by atoms with Gasteiger partial charge in [-0.1, -0.05) is 42.5 Å². The second kappa shape index (κ2) is 5.30. The Morgan fingerprint density at radius 3 is 2.61 bits per heavy atom. The predicted molar refractivity (Wildman–Crippen MR) is 76.5 cm³/mol. The van der Waals surface area contributed by atoms with Gasteiger partial charge in [-0.15, -0.1) is 0 Å². The average molecular weight is 240 g/mol. The van der Waals surface area contributed by atoms with Crippen LogP contribution in [0.4, 0.5) is 0 Å². The second-order valence-electron chi connectivity index (χ2n) is 5.55. The van der Waals surface area contributed by atoms with Crippen molar-refractivity contribution in [1.82, 2.24) is 0 Å². The molecule has 0 saturated carbocycles. The molecule has 0 unspecified atom stereocenters. The van der Waals surface area contributed by atoms with Gasteiger partial charge >= 0.3 is 0 Å². The van der Waals surface area contributed by atoms with Crippen molar-refractivity contribution >= 4 is 5.57 Å². The van der Waals surface area contributed by atoms with E-state index in [4.69, 9.17) is 0 Å². The lowest BCUT2D eigenvalue weighted by Crippen LogP contribution is -2.08. The van der Waals surface area contributed by atoms with Crippen LogP contribution in [0.5, 0.6) is 0 Å². The third-order valence-electron chi connectivity index (χ3n) is 2.75. The molecule has 1 aliphatic carbocycles. The van der Waals surface area contributed by atoms with Crippen molar-refractivity contribution in [1.29, 1.82) is 0 Å². The number of allylic oxidation sites excluding steroid dienone is 4. The molecular formula is C16H20N2. The maximum absolute atomic E-state index is 4.32. The Hall–Kier alpha value is -1.70. The molecule has 2 rings (SSSR count). The Morgan fingerprint density at radius 2 is 1.94 bits per heavy atom. The predicted octanol–water partition coefficient (Wildman–Crippen LogP) is 4.78. The zero-order chi connectivity index (χ0) is 13.0. The topological polar surface area (TPSA) is 24.7 Å². The minimum atomic E-state index is -0.0941. The van der Waals surface area contributed by atoms with Crippen molar-refractivity contribution in [3.05, 3.63) is 53.6 Å². The highest BCUT2D eigenvalue weighted by Crippen LogP contribution is 2.26. The second-order valence-corrected chi connectivity index (χ2v) is 5.55. The molecule has 0 spiro atoms. The summed E-state index contributed by atoms with van der Waals surface area (Å²) in [4.78, 5) is 0. The highest BCUT2D eigenvalue weighted by atomic mass is 15.1. The molecule has 0 saturated heterocycles. The third-order valence-corrected chi connectivity index (χ3v) is 2.75. The minimum Gasteiger partial charge on any atom is -0.189 e. The smallest absolute Gasteiger partial charge is 0.0855 e. The van der Waals surface area contributed by atoms with Crippen LogP contribution in [0.2, 0.25) is 0 Å². The first-order valence-electron chi connectivity index (χ1n) is 6.39. The summed E-state index contributed by atoms with van der Waals surface area (Å²) in [5, 5.41) is 8.63. The van der Waals surface area contributed by atoms with E-state index < -0.39 is 0 Å². The van der Waals surface area contributed by atoms with E-state index >= 15 is 0 Å². The zero-order valence-corrected chi connectivity index (χ0v) is 11.4. The van der Waals surface area contributed by atoms with Crippen LogP contribution in [0, 0.1) is 0 Å². The standard InChI is InChI=1S/C16H20N2/c1-16(2,3)18-17-12-14-10-6-7-11-15(14)13-8-4-5-9-13/h4-8,10-11H,9,12H2,1-3H3. The van der Waals surface area contributed by atoms with Gasteiger partial charge in [0.05, 0.1) is 12.1 Å². The highest BCUT2D eigenvalue weighted by molar-refractivity contribution is 5.72. The summed E-state index contributed by atoms with van der Waals surface area (Å²) in [5.41, 5.74) is 3.83. The molecule has 2 heteroatoms. The van der Waals surface area contributed by atoms with Crippen LogP contribution in [0.3, 0.4) is 0 Å². The van der Waals surface area contributed by atoms with Gasteiger partial charge in [-0.2, -0.15) is 10.2 Å². The molecule has 94 valence electrons. The van der Waals surface area contributed by atoms with E-state index in [1.165, 1.54) is 16.7 Å². The zero-order valence-electron chi connectivity index (χ0n) is 11.4. The van der Waals surface area contributed by atoms with Crippen LogP contribution in [0.1, 0.15) is 38.3 Å². The summed E-state index contributed by atoms with van der Waals surface area (Å²) in [7, 11) is 0. The monoisotopic (exact) mass is 240 g/mol. The SMILES string of the molecule is CC(C)(C)N=NCc1ccccc1C1=CC=CC1. The summed E-state index contributed by atoms with van der Waals surface area (Å²) in [6.07, 6.45) is 7.50. The quantitative estimate of drug-likeness (QED) is 0.679. The van der Waals surface area contributed by atoms with Crippen LogP contribution in [-0.2, 0) is 6.54 Å². The molecule has 2 nitrogen and oxygen atoms in total. The molecule has 0 aliphatic heterocycles. The first-order valence-corrected chi connectivity index (χ1v) is 6.39. The first-order chi connectivity index (χ1) is 8.56. The van der Waals surface area contributed by atoms with Crippen molar-refractivity contribution < 1.29 is 0 Å². The maximum Gasteiger partial charge on any atom is 0.0855 e. The number of hydrogen-bond acceptors (Lipinski definition) is 2. The summed E-state index contributed by atoms with van der Waals surface area (Å²) >= 11 is 0. The number of benzene rings is 1. The summed E-state index contributed by atoms with van der Waals surface area (Å²) in [6, 6.07) is 8.45. The number of azo groups is 1. The molecule has 0 aromatic heterocycles. The van der Waals surface area contributed by atoms with Crippen molar-refractivity contribution in [3.63, 3.8) is 0 Å². The van der Waals surface area contributed by atoms with Crippen molar-refractivity contribution in [2.75, 3.05) is 0 Å². The van der Waals surface area contributed by atoms with Crippen LogP contribution < -0.4 is 0 Å². The van der Waals surface area contributed by atoms with Gasteiger partial charge in [-0.25, -0.2) is 0 Å². The van der Waals surface area contributed by atoms with E-state index in [1.807, 2.05) is 0 Å². The van der Waals surface area contributed by atoms with E-state index in [1.54, 1.807) is 0 Å². The van der Waals surface area contributed by atoms with Gasteiger partial charge in [-0.3, -0.25) is 0 Å². The van der Waals surface area contributed by atoms with Gasteiger partial charge in [0.25, 0.3) is 0 Å². The lowest BCUT2D eigenvalue weighted by atomic mass is 9.99. The average Bonchev–Trinajstić information content (AvgIpc) is 2.81. The van der Waals surface area contributed by atoms with Gasteiger partial charge in [0.15, 0.2) is 0 Å². The van der Waals surface area contributed by atoms with Gasteiger partial charge in [0, 0.05) is 0 Å². The maximum atomic E-state index is 4.32.